The Morgan fingerprint density at radius 1 is 0.500 bits per heavy atom. The van der Waals surface area contributed by atoms with E-state index in [4.69, 9.17) is 18.9 Å². The molecule has 66 heavy (non-hydrogen) atoms. The van der Waals surface area contributed by atoms with E-state index in [1.807, 2.05) is 0 Å². The monoisotopic (exact) mass is 933 g/mol. The molecule has 1 saturated heterocycles. The molecule has 0 aromatic heterocycles. The van der Waals surface area contributed by atoms with Crippen LogP contribution < -0.4 is 0 Å². The Labute approximate surface area is 405 Å². The molecule has 1 aliphatic heterocycles. The molecule has 1 aliphatic rings. The van der Waals surface area contributed by atoms with E-state index in [1.54, 1.807) is 0 Å². The predicted octanol–water partition coefficient (Wildman–Crippen LogP) is 14.0. The van der Waals surface area contributed by atoms with Crippen molar-refractivity contribution in [3.05, 3.63) is 48.6 Å². The molecule has 9 heteroatoms. The lowest BCUT2D eigenvalue weighted by Crippen LogP contribution is -2.59. The van der Waals surface area contributed by atoms with Crippen molar-refractivity contribution >= 4 is 5.97 Å². The molecule has 0 radical (unpaired) electrons. The van der Waals surface area contributed by atoms with Gasteiger partial charge in [-0.2, -0.15) is 0 Å². The van der Waals surface area contributed by atoms with Crippen molar-refractivity contribution < 1.29 is 44.2 Å². The number of ether oxygens (including phenoxy) is 4. The highest BCUT2D eigenvalue weighted by molar-refractivity contribution is 5.69. The molecule has 0 aromatic rings. The summed E-state index contributed by atoms with van der Waals surface area (Å²) in [5, 5.41) is 40.3. The van der Waals surface area contributed by atoms with Crippen LogP contribution in [0.2, 0.25) is 0 Å². The summed E-state index contributed by atoms with van der Waals surface area (Å²) in [5.74, 6) is -0.315. The highest BCUT2D eigenvalue weighted by Crippen LogP contribution is 2.23. The summed E-state index contributed by atoms with van der Waals surface area (Å²) in [6, 6.07) is 0. The summed E-state index contributed by atoms with van der Waals surface area (Å²) in [5.41, 5.74) is 0. The van der Waals surface area contributed by atoms with Crippen LogP contribution >= 0.6 is 0 Å². The van der Waals surface area contributed by atoms with Gasteiger partial charge in [0.15, 0.2) is 6.29 Å². The van der Waals surface area contributed by atoms with Crippen LogP contribution in [0.25, 0.3) is 0 Å². The first-order chi connectivity index (χ1) is 32.4. The number of hydrogen-bond donors (Lipinski definition) is 4. The number of aliphatic hydroxyl groups excluding tert-OH is 4. The molecule has 1 heterocycles. The highest BCUT2D eigenvalue weighted by atomic mass is 16.7. The second kappa shape index (κ2) is 48.2. The van der Waals surface area contributed by atoms with Gasteiger partial charge in [0.2, 0.25) is 0 Å². The third-order valence-corrected chi connectivity index (χ3v) is 12.8. The fraction of sp³-hybridized carbons (Fsp3) is 0.842. The van der Waals surface area contributed by atoms with Gasteiger partial charge in [0.05, 0.1) is 19.8 Å². The largest absolute Gasteiger partial charge is 0.457 e. The molecule has 0 amide bonds. The number of carbonyl (C=O) groups is 1. The van der Waals surface area contributed by atoms with E-state index in [-0.39, 0.29) is 19.2 Å². The molecule has 6 atom stereocenters. The van der Waals surface area contributed by atoms with Gasteiger partial charge in [-0.1, -0.05) is 236 Å². The number of allylic oxidation sites excluding steroid dienone is 8. The van der Waals surface area contributed by atoms with Crippen molar-refractivity contribution in [1.82, 2.24) is 0 Å². The van der Waals surface area contributed by atoms with E-state index in [9.17, 15) is 25.2 Å². The van der Waals surface area contributed by atoms with Crippen molar-refractivity contribution in [2.45, 2.75) is 282 Å². The number of aliphatic hydroxyl groups is 4. The zero-order chi connectivity index (χ0) is 47.8. The van der Waals surface area contributed by atoms with Crippen LogP contribution in [0.4, 0.5) is 0 Å². The van der Waals surface area contributed by atoms with Crippen molar-refractivity contribution in [3.63, 3.8) is 0 Å². The molecule has 0 spiro atoms. The molecule has 0 aromatic carbocycles. The van der Waals surface area contributed by atoms with Gasteiger partial charge in [-0.3, -0.25) is 4.79 Å². The molecule has 1 rings (SSSR count). The standard InChI is InChI=1S/C57H104O9/c1-3-5-7-9-11-13-15-17-19-21-23-25-26-27-28-30-32-34-36-38-40-42-44-46-53(59)65-51(50-64-57-56(62)55(61)54(60)52(48-58)66-57)49-63-47-45-43-41-39-37-35-33-31-29-24-22-20-18-16-14-12-10-8-6-4-2/h5,7,11,13,17,19,23,25,51-52,54-58,60-62H,3-4,6,8-10,12,14-16,18,20-22,24,26-50H2,1-2H3/b7-5-,13-11-,19-17-,25-23-. The topological polar surface area (TPSA) is 135 Å². The zero-order valence-electron chi connectivity index (χ0n) is 42.7. The molecular formula is C57H104O9. The molecule has 386 valence electrons. The SMILES string of the molecule is CC/C=C\C/C=C\C/C=C\C/C=C\CCCCCCCCCCCCC(=O)OC(COCCCCCCCCCCCCCCCCCCCCCC)COC1OC(CO)C(O)C(O)C1O. The van der Waals surface area contributed by atoms with E-state index < -0.39 is 43.4 Å². The summed E-state index contributed by atoms with van der Waals surface area (Å²) < 4.78 is 23.0. The minimum absolute atomic E-state index is 0.113. The summed E-state index contributed by atoms with van der Waals surface area (Å²) in [6.07, 6.45) is 54.3. The Morgan fingerprint density at radius 2 is 0.924 bits per heavy atom. The maximum atomic E-state index is 12.9. The lowest BCUT2D eigenvalue weighted by Gasteiger charge is -2.39. The second-order valence-electron chi connectivity index (χ2n) is 19.0. The third kappa shape index (κ3) is 38.1. The average molecular weight is 933 g/mol. The molecule has 1 fully saturated rings. The van der Waals surface area contributed by atoms with Crippen LogP contribution in [-0.2, 0) is 23.7 Å². The van der Waals surface area contributed by atoms with Crippen LogP contribution in [0.5, 0.6) is 0 Å². The second-order valence-corrected chi connectivity index (χ2v) is 19.0. The highest BCUT2D eigenvalue weighted by Gasteiger charge is 2.44. The smallest absolute Gasteiger partial charge is 0.306 e. The van der Waals surface area contributed by atoms with Gasteiger partial charge >= 0.3 is 5.97 Å². The maximum Gasteiger partial charge on any atom is 0.306 e. The predicted molar refractivity (Wildman–Crippen MR) is 275 cm³/mol. The third-order valence-electron chi connectivity index (χ3n) is 12.8. The van der Waals surface area contributed by atoms with Crippen molar-refractivity contribution in [2.75, 3.05) is 26.4 Å². The van der Waals surface area contributed by atoms with E-state index in [0.717, 1.165) is 57.8 Å². The Bertz CT molecular complexity index is 1150. The first-order valence-corrected chi connectivity index (χ1v) is 27.7. The summed E-state index contributed by atoms with van der Waals surface area (Å²) in [6.45, 7) is 4.49. The number of esters is 1. The van der Waals surface area contributed by atoms with Gasteiger partial charge in [-0.05, 0) is 51.4 Å². The number of carbonyl (C=O) groups excluding carboxylic acids is 1. The summed E-state index contributed by atoms with van der Waals surface area (Å²) in [4.78, 5) is 12.9. The van der Waals surface area contributed by atoms with Crippen molar-refractivity contribution in [3.8, 4) is 0 Å². The first-order valence-electron chi connectivity index (χ1n) is 27.7. The quantitative estimate of drug-likeness (QED) is 0.0267. The van der Waals surface area contributed by atoms with Crippen LogP contribution in [0.1, 0.15) is 245 Å². The molecule has 0 bridgehead atoms. The molecule has 4 N–H and O–H groups in total. The van der Waals surface area contributed by atoms with E-state index in [0.29, 0.717) is 13.0 Å². The minimum atomic E-state index is -1.54. The summed E-state index contributed by atoms with van der Waals surface area (Å²) in [7, 11) is 0. The van der Waals surface area contributed by atoms with Gasteiger partial charge in [0, 0.05) is 13.0 Å². The van der Waals surface area contributed by atoms with E-state index >= 15 is 0 Å². The Morgan fingerprint density at radius 3 is 1.39 bits per heavy atom. The maximum absolute atomic E-state index is 12.9. The molecule has 0 aliphatic carbocycles. The van der Waals surface area contributed by atoms with Gasteiger partial charge in [-0.15, -0.1) is 0 Å². The van der Waals surface area contributed by atoms with Gasteiger partial charge in [-0.25, -0.2) is 0 Å². The van der Waals surface area contributed by atoms with Gasteiger partial charge < -0.3 is 39.4 Å². The van der Waals surface area contributed by atoms with Crippen LogP contribution in [-0.4, -0.2) is 89.6 Å². The first kappa shape index (κ1) is 62.2. The number of hydrogen-bond acceptors (Lipinski definition) is 9. The van der Waals surface area contributed by atoms with Crippen molar-refractivity contribution in [2.24, 2.45) is 0 Å². The van der Waals surface area contributed by atoms with Crippen LogP contribution in [0.3, 0.4) is 0 Å². The van der Waals surface area contributed by atoms with Crippen LogP contribution in [0.15, 0.2) is 48.6 Å². The Balaban J connectivity index is 2.17. The lowest BCUT2D eigenvalue weighted by molar-refractivity contribution is -0.305. The summed E-state index contributed by atoms with van der Waals surface area (Å²) >= 11 is 0. The van der Waals surface area contributed by atoms with Crippen LogP contribution in [0, 0.1) is 0 Å². The molecular weight excluding hydrogens is 829 g/mol. The average Bonchev–Trinajstić information content (AvgIpc) is 3.32. The van der Waals surface area contributed by atoms with Gasteiger partial charge in [0.25, 0.3) is 0 Å². The lowest BCUT2D eigenvalue weighted by atomic mass is 9.99. The fourth-order valence-corrected chi connectivity index (χ4v) is 8.49. The molecule has 9 nitrogen and oxygen atoms in total. The molecule has 0 saturated carbocycles. The van der Waals surface area contributed by atoms with Gasteiger partial charge in [0.1, 0.15) is 30.5 Å². The van der Waals surface area contributed by atoms with E-state index in [2.05, 4.69) is 62.5 Å². The minimum Gasteiger partial charge on any atom is -0.457 e. The fourth-order valence-electron chi connectivity index (χ4n) is 8.49. The number of unbranched alkanes of at least 4 members (excludes halogenated alkanes) is 29. The number of rotatable bonds is 48. The molecule has 6 unspecified atom stereocenters. The van der Waals surface area contributed by atoms with E-state index in [1.165, 1.54) is 167 Å². The normalized spacial score (nSPS) is 19.6. The van der Waals surface area contributed by atoms with Crippen molar-refractivity contribution in [1.29, 1.82) is 0 Å². The Kier molecular flexibility index (Phi) is 45.4. The Hall–Kier alpha value is -1.85. The zero-order valence-corrected chi connectivity index (χ0v) is 42.7.